The first kappa shape index (κ1) is 28.5. The number of carbonyl (C=O) groups excluding carboxylic acids is 2. The number of benzene rings is 3. The lowest BCUT2D eigenvalue weighted by Gasteiger charge is -2.31. The van der Waals surface area contributed by atoms with Gasteiger partial charge in [-0.2, -0.15) is 0 Å². The van der Waals surface area contributed by atoms with Gasteiger partial charge in [-0.3, -0.25) is 13.9 Å². The van der Waals surface area contributed by atoms with E-state index < -0.39 is 28.5 Å². The first-order valence-corrected chi connectivity index (χ1v) is 13.9. The summed E-state index contributed by atoms with van der Waals surface area (Å²) in [7, 11) is -1.23. The van der Waals surface area contributed by atoms with Gasteiger partial charge in [0, 0.05) is 23.1 Å². The number of hydrogen-bond donors (Lipinski definition) is 1. The topological polar surface area (TPSA) is 96.0 Å². The second-order valence-corrected chi connectivity index (χ2v) is 11.3. The van der Waals surface area contributed by atoms with Gasteiger partial charge < -0.3 is 15.0 Å². The Morgan fingerprint density at radius 3 is 2.27 bits per heavy atom. The molecule has 3 rings (SSSR count). The fraction of sp³-hybridized carbons (Fsp3) is 0.231. The Balaban J connectivity index is 2.02. The highest BCUT2D eigenvalue weighted by Gasteiger charge is 2.32. The van der Waals surface area contributed by atoms with Gasteiger partial charge in [-0.1, -0.05) is 45.7 Å². The summed E-state index contributed by atoms with van der Waals surface area (Å²) in [6.07, 6.45) is 0. The number of anilines is 1. The van der Waals surface area contributed by atoms with Crippen LogP contribution in [0.4, 0.5) is 5.69 Å². The molecule has 0 saturated heterocycles. The number of halogens is 2. The first-order chi connectivity index (χ1) is 17.6. The number of sulfonamides is 1. The average Bonchev–Trinajstić information content (AvgIpc) is 2.90. The molecule has 8 nitrogen and oxygen atoms in total. The number of nitrogens with one attached hydrogen (secondary N) is 1. The van der Waals surface area contributed by atoms with Crippen molar-refractivity contribution in [2.75, 3.05) is 25.0 Å². The molecule has 0 bridgehead atoms. The van der Waals surface area contributed by atoms with Crippen molar-refractivity contribution in [1.82, 2.24) is 10.2 Å². The van der Waals surface area contributed by atoms with Gasteiger partial charge in [0.25, 0.3) is 10.0 Å². The third-order valence-electron chi connectivity index (χ3n) is 5.70. The van der Waals surface area contributed by atoms with Crippen molar-refractivity contribution in [2.24, 2.45) is 0 Å². The zero-order valence-corrected chi connectivity index (χ0v) is 23.7. The van der Waals surface area contributed by atoms with Crippen molar-refractivity contribution in [3.63, 3.8) is 0 Å². The second kappa shape index (κ2) is 12.4. The Kier molecular flexibility index (Phi) is 9.58. The molecule has 0 saturated carbocycles. The van der Waals surface area contributed by atoms with E-state index in [4.69, 9.17) is 16.3 Å². The molecule has 0 aliphatic rings. The van der Waals surface area contributed by atoms with E-state index >= 15 is 0 Å². The maximum absolute atomic E-state index is 13.7. The van der Waals surface area contributed by atoms with Crippen LogP contribution in [-0.4, -0.2) is 51.9 Å². The summed E-state index contributed by atoms with van der Waals surface area (Å²) < 4.78 is 34.5. The van der Waals surface area contributed by atoms with Gasteiger partial charge in [0.15, 0.2) is 0 Å². The number of methoxy groups -OCH3 is 1. The van der Waals surface area contributed by atoms with Crippen LogP contribution in [-0.2, 0) is 26.2 Å². The van der Waals surface area contributed by atoms with Gasteiger partial charge in [-0.05, 0) is 67.1 Å². The van der Waals surface area contributed by atoms with E-state index in [1.54, 1.807) is 25.1 Å². The molecule has 0 aliphatic heterocycles. The number of amides is 2. The van der Waals surface area contributed by atoms with Crippen molar-refractivity contribution in [3.05, 3.63) is 87.9 Å². The van der Waals surface area contributed by atoms with Gasteiger partial charge in [-0.15, -0.1) is 0 Å². The summed E-state index contributed by atoms with van der Waals surface area (Å²) in [4.78, 5) is 27.5. The van der Waals surface area contributed by atoms with Crippen LogP contribution in [0.2, 0.25) is 5.02 Å². The molecule has 0 aliphatic carbocycles. The van der Waals surface area contributed by atoms with Crippen LogP contribution in [0.3, 0.4) is 0 Å². The van der Waals surface area contributed by atoms with Gasteiger partial charge in [0.1, 0.15) is 18.3 Å². The van der Waals surface area contributed by atoms with Crippen LogP contribution < -0.4 is 14.4 Å². The molecule has 37 heavy (non-hydrogen) atoms. The SMILES string of the molecule is CNC(=O)[C@@H](C)N(Cc1ccc(Br)cc1)C(=O)CN(c1cccc(Cl)c1)S(=O)(=O)c1ccc(OC)cc1. The maximum atomic E-state index is 13.7. The van der Waals surface area contributed by atoms with Crippen LogP contribution in [0.15, 0.2) is 82.2 Å². The molecule has 2 amide bonds. The Morgan fingerprint density at radius 2 is 1.70 bits per heavy atom. The Hall–Kier alpha value is -3.08. The minimum absolute atomic E-state index is 0.0279. The quantitative estimate of drug-likeness (QED) is 0.367. The van der Waals surface area contributed by atoms with Crippen molar-refractivity contribution in [3.8, 4) is 5.75 Å². The molecule has 0 fully saturated rings. The van der Waals surface area contributed by atoms with Crippen molar-refractivity contribution >= 4 is 55.1 Å². The molecular weight excluding hydrogens is 582 g/mol. The number of ether oxygens (including phenoxy) is 1. The summed E-state index contributed by atoms with van der Waals surface area (Å²) in [5.41, 5.74) is 0.993. The fourth-order valence-corrected chi connectivity index (χ4v) is 5.47. The molecule has 0 radical (unpaired) electrons. The summed E-state index contributed by atoms with van der Waals surface area (Å²) in [5.74, 6) is -0.446. The molecule has 1 N–H and O–H groups in total. The summed E-state index contributed by atoms with van der Waals surface area (Å²) in [6.45, 7) is 1.15. The van der Waals surface area contributed by atoms with E-state index in [-0.39, 0.29) is 23.0 Å². The molecule has 0 aromatic heterocycles. The second-order valence-electron chi connectivity index (χ2n) is 8.11. The van der Waals surface area contributed by atoms with E-state index in [9.17, 15) is 18.0 Å². The maximum Gasteiger partial charge on any atom is 0.264 e. The number of rotatable bonds is 10. The monoisotopic (exact) mass is 607 g/mol. The zero-order valence-electron chi connectivity index (χ0n) is 20.5. The lowest BCUT2D eigenvalue weighted by molar-refractivity contribution is -0.139. The van der Waals surface area contributed by atoms with E-state index in [1.807, 2.05) is 24.3 Å². The fourth-order valence-electron chi connectivity index (χ4n) is 3.61. The third-order valence-corrected chi connectivity index (χ3v) is 8.25. The lowest BCUT2D eigenvalue weighted by atomic mass is 10.1. The molecule has 196 valence electrons. The number of carbonyl (C=O) groups is 2. The highest BCUT2D eigenvalue weighted by molar-refractivity contribution is 9.10. The van der Waals surface area contributed by atoms with Crippen molar-refractivity contribution < 1.29 is 22.7 Å². The van der Waals surface area contributed by atoms with Crippen molar-refractivity contribution in [1.29, 1.82) is 0 Å². The molecule has 0 spiro atoms. The molecule has 0 unspecified atom stereocenters. The van der Waals surface area contributed by atoms with Gasteiger partial charge >= 0.3 is 0 Å². The van der Waals surface area contributed by atoms with Gasteiger partial charge in [0.05, 0.1) is 17.7 Å². The Morgan fingerprint density at radius 1 is 1.05 bits per heavy atom. The largest absolute Gasteiger partial charge is 0.497 e. The number of likely N-dealkylation sites (N-methyl/N-ethyl adjacent to an activating group) is 1. The summed E-state index contributed by atoms with van der Waals surface area (Å²) in [6, 6.07) is 18.5. The lowest BCUT2D eigenvalue weighted by Crippen LogP contribution is -2.50. The standard InChI is InChI=1S/C26H27BrClN3O5S/c1-18(26(33)29-2)30(16-19-7-9-20(27)10-8-19)25(32)17-31(22-6-4-5-21(28)15-22)37(34,35)24-13-11-23(36-3)12-14-24/h4-15,18H,16-17H2,1-3H3,(H,29,33)/t18-/m1/s1. The van der Waals surface area contributed by atoms with Gasteiger partial charge in [-0.25, -0.2) is 8.42 Å². The van der Waals surface area contributed by atoms with Crippen LogP contribution in [0.25, 0.3) is 0 Å². The molecule has 3 aromatic carbocycles. The van der Waals surface area contributed by atoms with E-state index in [0.29, 0.717) is 10.8 Å². The highest BCUT2D eigenvalue weighted by atomic mass is 79.9. The first-order valence-electron chi connectivity index (χ1n) is 11.2. The summed E-state index contributed by atoms with van der Waals surface area (Å²) >= 11 is 9.55. The summed E-state index contributed by atoms with van der Waals surface area (Å²) in [5, 5.41) is 2.86. The van der Waals surface area contributed by atoms with E-state index in [1.165, 1.54) is 49.4 Å². The van der Waals surface area contributed by atoms with Crippen molar-refractivity contribution in [2.45, 2.75) is 24.4 Å². The normalized spacial score (nSPS) is 11.9. The smallest absolute Gasteiger partial charge is 0.264 e. The zero-order chi connectivity index (χ0) is 27.2. The minimum Gasteiger partial charge on any atom is -0.497 e. The predicted molar refractivity (Wildman–Crippen MR) is 147 cm³/mol. The van der Waals surface area contributed by atoms with Crippen LogP contribution >= 0.6 is 27.5 Å². The Labute approximate surface area is 230 Å². The van der Waals surface area contributed by atoms with Crippen LogP contribution in [0, 0.1) is 0 Å². The minimum atomic E-state index is -4.19. The predicted octanol–water partition coefficient (Wildman–Crippen LogP) is 4.47. The van der Waals surface area contributed by atoms with E-state index in [2.05, 4.69) is 21.2 Å². The third kappa shape index (κ3) is 7.03. The van der Waals surface area contributed by atoms with Crippen LogP contribution in [0.1, 0.15) is 12.5 Å². The molecule has 11 heteroatoms. The van der Waals surface area contributed by atoms with Crippen LogP contribution in [0.5, 0.6) is 5.75 Å². The number of nitrogens with zero attached hydrogens (tertiary/aromatic N) is 2. The molecule has 1 atom stereocenters. The molecule has 0 heterocycles. The average molecular weight is 609 g/mol. The molecular formula is C26H27BrClN3O5S. The number of hydrogen-bond acceptors (Lipinski definition) is 5. The molecule has 3 aromatic rings. The van der Waals surface area contributed by atoms with Gasteiger partial charge in [0.2, 0.25) is 11.8 Å². The van der Waals surface area contributed by atoms with E-state index in [0.717, 1.165) is 14.3 Å². The highest BCUT2D eigenvalue weighted by Crippen LogP contribution is 2.28. The Bertz CT molecular complexity index is 1350.